The Morgan fingerprint density at radius 3 is 2.53 bits per heavy atom. The van der Waals surface area contributed by atoms with Crippen molar-refractivity contribution >= 4 is 11.6 Å². The van der Waals surface area contributed by atoms with E-state index in [4.69, 9.17) is 16.3 Å². The van der Waals surface area contributed by atoms with Gasteiger partial charge in [0.2, 0.25) is 5.88 Å². The molecule has 1 heterocycles. The molecule has 0 atom stereocenters. The van der Waals surface area contributed by atoms with E-state index in [0.29, 0.717) is 11.8 Å². The minimum atomic E-state index is -0.274. The maximum Gasteiger partial charge on any atom is 0.221 e. The fourth-order valence-corrected chi connectivity index (χ4v) is 1.89. The van der Waals surface area contributed by atoms with Gasteiger partial charge < -0.3 is 4.74 Å². The highest BCUT2D eigenvalue weighted by Crippen LogP contribution is 2.32. The number of hydrogen-bond donors (Lipinski definition) is 0. The Bertz CT molecular complexity index is 491. The topological polar surface area (TPSA) is 22.1 Å². The molecule has 17 heavy (non-hydrogen) atoms. The molecular formula is C13H11ClFNO. The molecule has 1 aromatic heterocycles. The number of pyridine rings is 1. The molecule has 0 spiro atoms. The molecule has 0 aliphatic heterocycles. The van der Waals surface area contributed by atoms with Crippen molar-refractivity contribution < 1.29 is 9.13 Å². The van der Waals surface area contributed by atoms with Crippen molar-refractivity contribution in [1.29, 1.82) is 0 Å². The van der Waals surface area contributed by atoms with E-state index < -0.39 is 0 Å². The number of nitrogens with zero attached hydrogens (tertiary/aromatic N) is 1. The predicted molar refractivity (Wildman–Crippen MR) is 65.7 cm³/mol. The second-order valence-electron chi connectivity index (χ2n) is 3.49. The number of hydrogen-bond acceptors (Lipinski definition) is 2. The van der Waals surface area contributed by atoms with Crippen LogP contribution in [0.3, 0.4) is 0 Å². The Labute approximate surface area is 104 Å². The molecule has 0 unspecified atom stereocenters. The lowest BCUT2D eigenvalue weighted by molar-refractivity contribution is 0.399. The summed E-state index contributed by atoms with van der Waals surface area (Å²) in [6.45, 7) is 0. The summed E-state index contributed by atoms with van der Waals surface area (Å²) < 4.78 is 18.1. The third kappa shape index (κ3) is 2.39. The first-order chi connectivity index (χ1) is 8.26. The monoisotopic (exact) mass is 251 g/mol. The van der Waals surface area contributed by atoms with Crippen LogP contribution in [0.15, 0.2) is 36.5 Å². The zero-order valence-corrected chi connectivity index (χ0v) is 10.0. The van der Waals surface area contributed by atoms with Gasteiger partial charge in [0.15, 0.2) is 0 Å². The van der Waals surface area contributed by atoms with Crippen LogP contribution in [-0.4, -0.2) is 12.1 Å². The van der Waals surface area contributed by atoms with Crippen molar-refractivity contribution in [1.82, 2.24) is 4.98 Å². The quantitative estimate of drug-likeness (QED) is 0.777. The third-order valence-electron chi connectivity index (χ3n) is 2.47. The molecule has 88 valence electrons. The number of aromatic nitrogens is 1. The Kier molecular flexibility index (Phi) is 3.59. The van der Waals surface area contributed by atoms with E-state index in [1.54, 1.807) is 25.4 Å². The van der Waals surface area contributed by atoms with Crippen LogP contribution in [0.25, 0.3) is 11.1 Å². The van der Waals surface area contributed by atoms with Crippen molar-refractivity contribution in [3.63, 3.8) is 0 Å². The smallest absolute Gasteiger partial charge is 0.221 e. The molecule has 0 amide bonds. The summed E-state index contributed by atoms with van der Waals surface area (Å²) in [7, 11) is 1.55. The summed E-state index contributed by atoms with van der Waals surface area (Å²) in [4.78, 5) is 4.13. The van der Waals surface area contributed by atoms with Crippen molar-refractivity contribution in [2.75, 3.05) is 7.11 Å². The average Bonchev–Trinajstić information content (AvgIpc) is 2.38. The highest BCUT2D eigenvalue weighted by Gasteiger charge is 2.12. The second-order valence-corrected chi connectivity index (χ2v) is 3.76. The molecule has 2 aromatic rings. The summed E-state index contributed by atoms with van der Waals surface area (Å²) >= 11 is 5.88. The van der Waals surface area contributed by atoms with E-state index in [0.717, 1.165) is 16.7 Å². The van der Waals surface area contributed by atoms with Crippen molar-refractivity contribution in [3.05, 3.63) is 47.9 Å². The number of alkyl halides is 1. The maximum absolute atomic E-state index is 12.9. The van der Waals surface area contributed by atoms with Gasteiger partial charge in [-0.15, -0.1) is 11.6 Å². The van der Waals surface area contributed by atoms with Crippen LogP contribution in [0.2, 0.25) is 0 Å². The van der Waals surface area contributed by atoms with Gasteiger partial charge in [-0.1, -0.05) is 12.1 Å². The minimum absolute atomic E-state index is 0.274. The molecule has 0 radical (unpaired) electrons. The van der Waals surface area contributed by atoms with Crippen LogP contribution in [0.1, 0.15) is 5.56 Å². The van der Waals surface area contributed by atoms with Crippen molar-refractivity contribution in [2.45, 2.75) is 5.88 Å². The standard InChI is InChI=1S/C13H11ClFNO/c1-17-13-12(10(8-14)6-7-16-13)9-2-4-11(15)5-3-9/h2-7H,8H2,1H3. The van der Waals surface area contributed by atoms with E-state index >= 15 is 0 Å². The maximum atomic E-state index is 12.9. The molecule has 2 rings (SSSR count). The lowest BCUT2D eigenvalue weighted by Gasteiger charge is -2.11. The Morgan fingerprint density at radius 2 is 1.94 bits per heavy atom. The van der Waals surface area contributed by atoms with Gasteiger partial charge in [0.25, 0.3) is 0 Å². The third-order valence-corrected chi connectivity index (χ3v) is 2.76. The number of ether oxygens (including phenoxy) is 1. The van der Waals surface area contributed by atoms with Crippen molar-refractivity contribution in [3.8, 4) is 17.0 Å². The molecule has 0 saturated heterocycles. The predicted octanol–water partition coefficient (Wildman–Crippen LogP) is 3.64. The molecule has 0 bridgehead atoms. The number of benzene rings is 1. The summed E-state index contributed by atoms with van der Waals surface area (Å²) in [6, 6.07) is 8.00. The SMILES string of the molecule is COc1nccc(CCl)c1-c1ccc(F)cc1. The lowest BCUT2D eigenvalue weighted by Crippen LogP contribution is -1.95. The summed E-state index contributed by atoms with van der Waals surface area (Å²) in [5, 5.41) is 0. The molecule has 0 aliphatic carbocycles. The average molecular weight is 252 g/mol. The normalized spacial score (nSPS) is 10.3. The second kappa shape index (κ2) is 5.15. The first-order valence-electron chi connectivity index (χ1n) is 5.10. The first-order valence-corrected chi connectivity index (χ1v) is 5.63. The van der Waals surface area contributed by atoms with E-state index in [2.05, 4.69) is 4.98 Å². The zero-order chi connectivity index (χ0) is 12.3. The van der Waals surface area contributed by atoms with Gasteiger partial charge in [0.05, 0.1) is 7.11 Å². The zero-order valence-electron chi connectivity index (χ0n) is 9.28. The highest BCUT2D eigenvalue weighted by molar-refractivity contribution is 6.17. The fourth-order valence-electron chi connectivity index (χ4n) is 1.67. The molecule has 0 fully saturated rings. The van der Waals surface area contributed by atoms with E-state index in [-0.39, 0.29) is 5.82 Å². The summed E-state index contributed by atoms with van der Waals surface area (Å²) in [6.07, 6.45) is 1.64. The summed E-state index contributed by atoms with van der Waals surface area (Å²) in [5.41, 5.74) is 2.56. The number of halogens is 2. The summed E-state index contributed by atoms with van der Waals surface area (Å²) in [5.74, 6) is 0.574. The van der Waals surface area contributed by atoms with Crippen molar-refractivity contribution in [2.24, 2.45) is 0 Å². The molecular weight excluding hydrogens is 241 g/mol. The van der Waals surface area contributed by atoms with Gasteiger partial charge in [-0.25, -0.2) is 9.37 Å². The largest absolute Gasteiger partial charge is 0.481 e. The molecule has 0 aliphatic rings. The van der Waals surface area contributed by atoms with E-state index in [1.165, 1.54) is 12.1 Å². The number of rotatable bonds is 3. The van der Waals surface area contributed by atoms with Crippen LogP contribution >= 0.6 is 11.6 Å². The van der Waals surface area contributed by atoms with Crippen LogP contribution < -0.4 is 4.74 Å². The fraction of sp³-hybridized carbons (Fsp3) is 0.154. The minimum Gasteiger partial charge on any atom is -0.481 e. The Balaban J connectivity index is 2.59. The molecule has 0 N–H and O–H groups in total. The molecule has 0 saturated carbocycles. The van der Waals surface area contributed by atoms with Crippen LogP contribution in [-0.2, 0) is 5.88 Å². The highest BCUT2D eigenvalue weighted by atomic mass is 35.5. The van der Waals surface area contributed by atoms with Crippen LogP contribution in [0, 0.1) is 5.82 Å². The van der Waals surface area contributed by atoms with Gasteiger partial charge in [-0.05, 0) is 29.3 Å². The van der Waals surface area contributed by atoms with Gasteiger partial charge in [-0.2, -0.15) is 0 Å². The Hall–Kier alpha value is -1.61. The Morgan fingerprint density at radius 1 is 1.24 bits per heavy atom. The van der Waals surface area contributed by atoms with Gasteiger partial charge in [-0.3, -0.25) is 0 Å². The molecule has 1 aromatic carbocycles. The van der Waals surface area contributed by atoms with Crippen LogP contribution in [0.5, 0.6) is 5.88 Å². The van der Waals surface area contributed by atoms with Crippen LogP contribution in [0.4, 0.5) is 4.39 Å². The van der Waals surface area contributed by atoms with E-state index in [1.807, 2.05) is 6.07 Å². The molecule has 4 heteroatoms. The number of methoxy groups -OCH3 is 1. The van der Waals surface area contributed by atoms with E-state index in [9.17, 15) is 4.39 Å². The first kappa shape index (κ1) is 11.9. The lowest BCUT2D eigenvalue weighted by atomic mass is 10.0. The molecule has 2 nitrogen and oxygen atoms in total. The van der Waals surface area contributed by atoms with Gasteiger partial charge in [0.1, 0.15) is 5.82 Å². The van der Waals surface area contributed by atoms with Gasteiger partial charge in [0, 0.05) is 17.6 Å². The van der Waals surface area contributed by atoms with Gasteiger partial charge >= 0.3 is 0 Å².